The molecular formula is C13H19BrN2O2S. The third-order valence-electron chi connectivity index (χ3n) is 3.72. The van der Waals surface area contributed by atoms with E-state index in [2.05, 4.69) is 21.2 Å². The highest BCUT2D eigenvalue weighted by molar-refractivity contribution is 9.10. The van der Waals surface area contributed by atoms with Crippen LogP contribution in [0.2, 0.25) is 0 Å². The number of piperazine rings is 1. The second kappa shape index (κ2) is 5.52. The van der Waals surface area contributed by atoms with Gasteiger partial charge in [0.15, 0.2) is 0 Å². The molecular weight excluding hydrogens is 328 g/mol. The van der Waals surface area contributed by atoms with Gasteiger partial charge in [-0.05, 0) is 48.3 Å². The van der Waals surface area contributed by atoms with Crippen LogP contribution in [-0.2, 0) is 10.0 Å². The Morgan fingerprint density at radius 3 is 2.74 bits per heavy atom. The molecule has 2 rings (SSSR count). The van der Waals surface area contributed by atoms with Crippen molar-refractivity contribution < 1.29 is 8.42 Å². The molecule has 2 unspecified atom stereocenters. The number of rotatable bonds is 2. The van der Waals surface area contributed by atoms with E-state index in [-0.39, 0.29) is 12.1 Å². The molecule has 1 heterocycles. The van der Waals surface area contributed by atoms with Crippen LogP contribution in [0.15, 0.2) is 27.6 Å². The maximum absolute atomic E-state index is 12.8. The van der Waals surface area contributed by atoms with Crippen molar-refractivity contribution >= 4 is 26.0 Å². The standard InChI is InChI=1S/C13H19BrN2O2S/c1-9-5-4-6-12(13(9)14)19(17,18)16-8-7-15-10(2)11(16)3/h4-6,10-11,15H,7-8H2,1-3H3. The number of nitrogens with zero attached hydrogens (tertiary/aromatic N) is 1. The molecule has 0 saturated carbocycles. The van der Waals surface area contributed by atoms with E-state index in [1.807, 2.05) is 26.8 Å². The van der Waals surface area contributed by atoms with Crippen molar-refractivity contribution in [1.29, 1.82) is 0 Å². The van der Waals surface area contributed by atoms with Gasteiger partial charge >= 0.3 is 0 Å². The summed E-state index contributed by atoms with van der Waals surface area (Å²) in [4.78, 5) is 0.355. The molecule has 1 aromatic rings. The first-order chi connectivity index (χ1) is 8.85. The summed E-state index contributed by atoms with van der Waals surface area (Å²) < 4.78 is 27.8. The molecule has 19 heavy (non-hydrogen) atoms. The SMILES string of the molecule is Cc1cccc(S(=O)(=O)N2CCNC(C)C2C)c1Br. The number of aryl methyl sites for hydroxylation is 1. The first kappa shape index (κ1) is 15.0. The van der Waals surface area contributed by atoms with Crippen LogP contribution in [0.5, 0.6) is 0 Å². The molecule has 2 atom stereocenters. The van der Waals surface area contributed by atoms with Crippen LogP contribution in [0.3, 0.4) is 0 Å². The lowest BCUT2D eigenvalue weighted by Gasteiger charge is -2.37. The Morgan fingerprint density at radius 2 is 2.05 bits per heavy atom. The number of sulfonamides is 1. The molecule has 0 radical (unpaired) electrons. The molecule has 6 heteroatoms. The van der Waals surface area contributed by atoms with Gasteiger partial charge in [-0.15, -0.1) is 0 Å². The zero-order valence-electron chi connectivity index (χ0n) is 11.4. The van der Waals surface area contributed by atoms with Gasteiger partial charge in [-0.2, -0.15) is 4.31 Å². The van der Waals surface area contributed by atoms with Crippen LogP contribution >= 0.6 is 15.9 Å². The Kier molecular flexibility index (Phi) is 4.35. The fraction of sp³-hybridized carbons (Fsp3) is 0.538. The van der Waals surface area contributed by atoms with Crippen molar-refractivity contribution in [2.45, 2.75) is 37.8 Å². The molecule has 0 aromatic heterocycles. The predicted molar refractivity (Wildman–Crippen MR) is 79.7 cm³/mol. The maximum atomic E-state index is 12.8. The van der Waals surface area contributed by atoms with Crippen LogP contribution in [-0.4, -0.2) is 37.9 Å². The molecule has 1 N–H and O–H groups in total. The Morgan fingerprint density at radius 1 is 1.37 bits per heavy atom. The van der Waals surface area contributed by atoms with Crippen molar-refractivity contribution in [1.82, 2.24) is 9.62 Å². The van der Waals surface area contributed by atoms with Crippen LogP contribution in [0.1, 0.15) is 19.4 Å². The molecule has 106 valence electrons. The number of halogens is 1. The number of hydrogen-bond acceptors (Lipinski definition) is 3. The number of benzene rings is 1. The summed E-state index contributed by atoms with van der Waals surface area (Å²) in [5.41, 5.74) is 0.928. The average molecular weight is 347 g/mol. The Hall–Kier alpha value is -0.430. The lowest BCUT2D eigenvalue weighted by Crippen LogP contribution is -2.57. The van der Waals surface area contributed by atoms with E-state index in [0.717, 1.165) is 5.56 Å². The Bertz CT molecular complexity index is 574. The van der Waals surface area contributed by atoms with Gasteiger partial charge in [-0.25, -0.2) is 8.42 Å². The summed E-state index contributed by atoms with van der Waals surface area (Å²) in [6.07, 6.45) is 0. The summed E-state index contributed by atoms with van der Waals surface area (Å²) in [6, 6.07) is 5.44. The molecule has 1 aliphatic heterocycles. The third kappa shape index (κ3) is 2.72. The molecule has 1 aliphatic rings. The minimum atomic E-state index is -3.45. The van der Waals surface area contributed by atoms with Crippen LogP contribution in [0.4, 0.5) is 0 Å². The van der Waals surface area contributed by atoms with Crippen molar-refractivity contribution in [3.63, 3.8) is 0 Å². The third-order valence-corrected chi connectivity index (χ3v) is 7.06. The molecule has 0 amide bonds. The van der Waals surface area contributed by atoms with Gasteiger partial charge in [0.1, 0.15) is 0 Å². The summed E-state index contributed by atoms with van der Waals surface area (Å²) in [6.45, 7) is 7.05. The molecule has 4 nitrogen and oxygen atoms in total. The van der Waals surface area contributed by atoms with Gasteiger partial charge in [0, 0.05) is 29.6 Å². The van der Waals surface area contributed by atoms with Crippen molar-refractivity contribution in [2.75, 3.05) is 13.1 Å². The van der Waals surface area contributed by atoms with Crippen molar-refractivity contribution in [2.24, 2.45) is 0 Å². The van der Waals surface area contributed by atoms with Crippen molar-refractivity contribution in [3.05, 3.63) is 28.2 Å². The highest BCUT2D eigenvalue weighted by atomic mass is 79.9. The van der Waals surface area contributed by atoms with Gasteiger partial charge < -0.3 is 5.32 Å². The Balaban J connectivity index is 2.45. The van der Waals surface area contributed by atoms with E-state index < -0.39 is 10.0 Å². The lowest BCUT2D eigenvalue weighted by atomic mass is 10.1. The summed E-state index contributed by atoms with van der Waals surface area (Å²) >= 11 is 3.40. The zero-order valence-corrected chi connectivity index (χ0v) is 13.8. The van der Waals surface area contributed by atoms with Gasteiger partial charge in [-0.1, -0.05) is 12.1 Å². The zero-order chi connectivity index (χ0) is 14.2. The molecule has 1 fully saturated rings. The molecule has 0 aliphatic carbocycles. The predicted octanol–water partition coefficient (Wildman–Crippen LogP) is 2.13. The highest BCUT2D eigenvalue weighted by Gasteiger charge is 2.35. The quantitative estimate of drug-likeness (QED) is 0.892. The van der Waals surface area contributed by atoms with Crippen LogP contribution < -0.4 is 5.32 Å². The summed E-state index contributed by atoms with van der Waals surface area (Å²) in [5, 5.41) is 3.29. The fourth-order valence-electron chi connectivity index (χ4n) is 2.31. The maximum Gasteiger partial charge on any atom is 0.244 e. The van der Waals surface area contributed by atoms with E-state index in [4.69, 9.17) is 0 Å². The topological polar surface area (TPSA) is 49.4 Å². The fourth-order valence-corrected chi connectivity index (χ4v) is 5.03. The van der Waals surface area contributed by atoms with Gasteiger partial charge in [0.2, 0.25) is 10.0 Å². The van der Waals surface area contributed by atoms with Crippen LogP contribution in [0, 0.1) is 6.92 Å². The van der Waals surface area contributed by atoms with E-state index in [1.54, 1.807) is 16.4 Å². The first-order valence-electron chi connectivity index (χ1n) is 6.36. The average Bonchev–Trinajstić information content (AvgIpc) is 2.35. The summed E-state index contributed by atoms with van der Waals surface area (Å²) in [7, 11) is -3.45. The second-order valence-corrected chi connectivity index (χ2v) is 7.64. The molecule has 1 saturated heterocycles. The Labute approximate surface area is 123 Å². The van der Waals surface area contributed by atoms with E-state index in [0.29, 0.717) is 22.5 Å². The lowest BCUT2D eigenvalue weighted by molar-refractivity contribution is 0.232. The van der Waals surface area contributed by atoms with E-state index in [1.165, 1.54) is 0 Å². The van der Waals surface area contributed by atoms with Gasteiger partial charge in [-0.3, -0.25) is 0 Å². The van der Waals surface area contributed by atoms with Crippen LogP contribution in [0.25, 0.3) is 0 Å². The highest BCUT2D eigenvalue weighted by Crippen LogP contribution is 2.29. The minimum Gasteiger partial charge on any atom is -0.311 e. The normalized spacial score (nSPS) is 25.5. The first-order valence-corrected chi connectivity index (χ1v) is 8.59. The number of hydrogen-bond donors (Lipinski definition) is 1. The van der Waals surface area contributed by atoms with E-state index in [9.17, 15) is 8.42 Å². The number of nitrogens with one attached hydrogen (secondary N) is 1. The van der Waals surface area contributed by atoms with Gasteiger partial charge in [0.25, 0.3) is 0 Å². The molecule has 1 aromatic carbocycles. The monoisotopic (exact) mass is 346 g/mol. The molecule has 0 bridgehead atoms. The summed E-state index contributed by atoms with van der Waals surface area (Å²) in [5.74, 6) is 0. The smallest absolute Gasteiger partial charge is 0.244 e. The molecule has 0 spiro atoms. The minimum absolute atomic E-state index is 0.0498. The van der Waals surface area contributed by atoms with Crippen molar-refractivity contribution in [3.8, 4) is 0 Å². The van der Waals surface area contributed by atoms with Gasteiger partial charge in [0.05, 0.1) is 4.90 Å². The second-order valence-electron chi connectivity index (χ2n) is 4.99. The van der Waals surface area contributed by atoms with E-state index >= 15 is 0 Å². The largest absolute Gasteiger partial charge is 0.311 e.